The molecule has 3 rings (SSSR count). The van der Waals surface area contributed by atoms with Crippen molar-refractivity contribution in [2.45, 2.75) is 13.5 Å². The van der Waals surface area contributed by atoms with Crippen LogP contribution in [0.4, 0.5) is 11.8 Å². The highest BCUT2D eigenvalue weighted by molar-refractivity contribution is 7.09. The van der Waals surface area contributed by atoms with Gasteiger partial charge in [0.15, 0.2) is 0 Å². The zero-order chi connectivity index (χ0) is 15.2. The molecule has 0 spiro atoms. The third-order valence-corrected chi connectivity index (χ3v) is 3.89. The van der Waals surface area contributed by atoms with Gasteiger partial charge in [0.1, 0.15) is 5.82 Å². The minimum Gasteiger partial charge on any atom is -0.365 e. The van der Waals surface area contributed by atoms with E-state index in [1.165, 1.54) is 4.88 Å². The summed E-state index contributed by atoms with van der Waals surface area (Å²) < 4.78 is 0. The monoisotopic (exact) mass is 311 g/mol. The van der Waals surface area contributed by atoms with Gasteiger partial charge in [0.2, 0.25) is 5.95 Å². The number of anilines is 2. The lowest BCUT2D eigenvalue weighted by atomic mass is 10.2. The Morgan fingerprint density at radius 2 is 2.00 bits per heavy atom. The number of pyridine rings is 1. The van der Waals surface area contributed by atoms with Crippen LogP contribution in [0.25, 0.3) is 11.4 Å². The van der Waals surface area contributed by atoms with E-state index in [1.54, 1.807) is 17.5 Å². The minimum atomic E-state index is 0.610. The number of hydrogen-bond donors (Lipinski definition) is 2. The summed E-state index contributed by atoms with van der Waals surface area (Å²) >= 11 is 1.72. The smallest absolute Gasteiger partial charge is 0.225 e. The quantitative estimate of drug-likeness (QED) is 0.727. The molecule has 3 heterocycles. The van der Waals surface area contributed by atoms with E-state index in [-0.39, 0.29) is 0 Å². The molecule has 0 atom stereocenters. The van der Waals surface area contributed by atoms with E-state index >= 15 is 0 Å². The average Bonchev–Trinajstić information content (AvgIpc) is 3.07. The summed E-state index contributed by atoms with van der Waals surface area (Å²) in [6.45, 7) is 3.55. The Kier molecular flexibility index (Phi) is 4.60. The van der Waals surface area contributed by atoms with Crippen LogP contribution in [-0.2, 0) is 6.54 Å². The highest BCUT2D eigenvalue weighted by Crippen LogP contribution is 2.20. The molecule has 6 heteroatoms. The molecule has 3 aromatic rings. The molecule has 0 radical (unpaired) electrons. The zero-order valence-electron chi connectivity index (χ0n) is 12.3. The van der Waals surface area contributed by atoms with Crippen LogP contribution in [-0.4, -0.2) is 21.5 Å². The third-order valence-electron chi connectivity index (χ3n) is 3.01. The molecule has 0 bridgehead atoms. The van der Waals surface area contributed by atoms with Crippen LogP contribution in [0.2, 0.25) is 0 Å². The highest BCUT2D eigenvalue weighted by atomic mass is 32.1. The van der Waals surface area contributed by atoms with Crippen molar-refractivity contribution in [2.75, 3.05) is 17.2 Å². The second kappa shape index (κ2) is 7.00. The predicted octanol–water partition coefficient (Wildman–Crippen LogP) is 3.64. The number of hydrogen-bond acceptors (Lipinski definition) is 6. The van der Waals surface area contributed by atoms with Crippen LogP contribution in [0.1, 0.15) is 11.8 Å². The first-order valence-electron chi connectivity index (χ1n) is 7.16. The normalized spacial score (nSPS) is 10.4. The van der Waals surface area contributed by atoms with Gasteiger partial charge in [-0.3, -0.25) is 4.98 Å². The van der Waals surface area contributed by atoms with Crippen molar-refractivity contribution < 1.29 is 0 Å². The summed E-state index contributed by atoms with van der Waals surface area (Å²) in [7, 11) is 0. The molecule has 5 nitrogen and oxygen atoms in total. The van der Waals surface area contributed by atoms with Crippen molar-refractivity contribution in [1.82, 2.24) is 15.0 Å². The second-order valence-corrected chi connectivity index (χ2v) is 5.67. The molecule has 0 aliphatic heterocycles. The molecule has 0 aromatic carbocycles. The van der Waals surface area contributed by atoms with Gasteiger partial charge in [-0.05, 0) is 30.5 Å². The number of nitrogens with zero attached hydrogens (tertiary/aromatic N) is 3. The fourth-order valence-electron chi connectivity index (χ4n) is 2.01. The van der Waals surface area contributed by atoms with Crippen molar-refractivity contribution in [2.24, 2.45) is 0 Å². The second-order valence-electron chi connectivity index (χ2n) is 4.64. The molecule has 112 valence electrons. The van der Waals surface area contributed by atoms with Gasteiger partial charge in [-0.25, -0.2) is 4.98 Å². The van der Waals surface area contributed by atoms with Crippen LogP contribution >= 0.6 is 11.3 Å². The molecule has 0 amide bonds. The first-order valence-corrected chi connectivity index (χ1v) is 8.03. The molecule has 0 saturated heterocycles. The van der Waals surface area contributed by atoms with Gasteiger partial charge < -0.3 is 10.6 Å². The van der Waals surface area contributed by atoms with E-state index in [2.05, 4.69) is 37.0 Å². The first kappa shape index (κ1) is 14.5. The summed E-state index contributed by atoms with van der Waals surface area (Å²) in [5.41, 5.74) is 1.64. The van der Waals surface area contributed by atoms with Crippen molar-refractivity contribution in [1.29, 1.82) is 0 Å². The maximum absolute atomic E-state index is 4.52. The summed E-state index contributed by atoms with van der Waals surface area (Å²) in [5, 5.41) is 8.58. The third kappa shape index (κ3) is 3.59. The largest absolute Gasteiger partial charge is 0.365 e. The highest BCUT2D eigenvalue weighted by Gasteiger charge is 2.07. The molecule has 0 unspecified atom stereocenters. The Balaban J connectivity index is 1.86. The molecule has 0 aliphatic rings. The summed E-state index contributed by atoms with van der Waals surface area (Å²) in [4.78, 5) is 14.6. The lowest BCUT2D eigenvalue weighted by Gasteiger charge is -2.09. The lowest BCUT2D eigenvalue weighted by molar-refractivity contribution is 1.06. The van der Waals surface area contributed by atoms with Gasteiger partial charge in [0, 0.05) is 23.7 Å². The maximum atomic E-state index is 4.52. The summed E-state index contributed by atoms with van der Waals surface area (Å²) in [6, 6.07) is 11.9. The van der Waals surface area contributed by atoms with E-state index in [9.17, 15) is 0 Å². The number of aromatic nitrogens is 3. The van der Waals surface area contributed by atoms with Gasteiger partial charge >= 0.3 is 0 Å². The van der Waals surface area contributed by atoms with E-state index < -0.39 is 0 Å². The van der Waals surface area contributed by atoms with Crippen LogP contribution in [0.15, 0.2) is 48.0 Å². The van der Waals surface area contributed by atoms with E-state index in [4.69, 9.17) is 0 Å². The number of thiophene rings is 1. The molecule has 3 aromatic heterocycles. The molecule has 22 heavy (non-hydrogen) atoms. The lowest BCUT2D eigenvalue weighted by Crippen LogP contribution is -2.07. The first-order chi connectivity index (χ1) is 10.8. The van der Waals surface area contributed by atoms with Gasteiger partial charge in [-0.1, -0.05) is 12.1 Å². The van der Waals surface area contributed by atoms with Gasteiger partial charge in [0.05, 0.1) is 17.9 Å². The van der Waals surface area contributed by atoms with E-state index in [1.807, 2.05) is 37.3 Å². The number of nitrogens with one attached hydrogen (secondary N) is 2. The topological polar surface area (TPSA) is 62.7 Å². The Hall–Kier alpha value is -2.47. The molecule has 0 saturated carbocycles. The maximum Gasteiger partial charge on any atom is 0.225 e. The average molecular weight is 311 g/mol. The van der Waals surface area contributed by atoms with E-state index in [0.29, 0.717) is 5.95 Å². The Morgan fingerprint density at radius 3 is 2.73 bits per heavy atom. The molecular formula is C16H17N5S. The fraction of sp³-hybridized carbons (Fsp3) is 0.188. The van der Waals surface area contributed by atoms with Crippen molar-refractivity contribution in [3.8, 4) is 11.4 Å². The van der Waals surface area contributed by atoms with Crippen LogP contribution in [0, 0.1) is 0 Å². The minimum absolute atomic E-state index is 0.610. The Bertz CT molecular complexity index is 713. The summed E-state index contributed by atoms with van der Waals surface area (Å²) in [5.74, 6) is 1.40. The SMILES string of the molecule is CCNc1nc(NCc2cccs2)cc(-c2ccccn2)n1. The standard InChI is InChI=1S/C16H17N5S/c1-2-17-16-20-14(13-7-3-4-8-18-13)10-15(21-16)19-11-12-6-5-9-22-12/h3-10H,2,11H2,1H3,(H2,17,19,20,21). The van der Waals surface area contributed by atoms with Gasteiger partial charge in [0.25, 0.3) is 0 Å². The van der Waals surface area contributed by atoms with Crippen LogP contribution < -0.4 is 10.6 Å². The zero-order valence-corrected chi connectivity index (χ0v) is 13.1. The Labute approximate surface area is 133 Å². The van der Waals surface area contributed by atoms with Gasteiger partial charge in [-0.15, -0.1) is 11.3 Å². The predicted molar refractivity (Wildman–Crippen MR) is 91.1 cm³/mol. The summed E-state index contributed by atoms with van der Waals surface area (Å²) in [6.07, 6.45) is 1.77. The molecule has 0 aliphatic carbocycles. The molecule has 2 N–H and O–H groups in total. The van der Waals surface area contributed by atoms with Gasteiger partial charge in [-0.2, -0.15) is 4.98 Å². The van der Waals surface area contributed by atoms with Crippen molar-refractivity contribution >= 4 is 23.1 Å². The number of rotatable bonds is 6. The van der Waals surface area contributed by atoms with Crippen LogP contribution in [0.3, 0.4) is 0 Å². The van der Waals surface area contributed by atoms with E-state index in [0.717, 1.165) is 30.3 Å². The van der Waals surface area contributed by atoms with Crippen molar-refractivity contribution in [3.05, 3.63) is 52.9 Å². The Morgan fingerprint density at radius 1 is 1.05 bits per heavy atom. The molecule has 0 fully saturated rings. The van der Waals surface area contributed by atoms with Crippen LogP contribution in [0.5, 0.6) is 0 Å². The fourth-order valence-corrected chi connectivity index (χ4v) is 2.66. The van der Waals surface area contributed by atoms with Crippen molar-refractivity contribution in [3.63, 3.8) is 0 Å². The molecular weight excluding hydrogens is 294 g/mol.